The first-order chi connectivity index (χ1) is 9.16. The predicted molar refractivity (Wildman–Crippen MR) is 72.8 cm³/mol. The summed E-state index contributed by atoms with van der Waals surface area (Å²) in [5.74, 6) is -0.411. The summed E-state index contributed by atoms with van der Waals surface area (Å²) in [5, 5.41) is 0. The Balaban J connectivity index is 1.80. The lowest BCUT2D eigenvalue weighted by Crippen LogP contribution is -2.38. The molecule has 0 atom stereocenters. The molecule has 6 nitrogen and oxygen atoms in total. The van der Waals surface area contributed by atoms with Gasteiger partial charge < -0.3 is 20.9 Å². The molecule has 0 bridgehead atoms. The molecular weight excluding hydrogens is 246 g/mol. The van der Waals surface area contributed by atoms with Gasteiger partial charge in [-0.15, -0.1) is 0 Å². The minimum absolute atomic E-state index is 0.344. The van der Waals surface area contributed by atoms with E-state index < -0.39 is 5.97 Å². The zero-order chi connectivity index (χ0) is 13.7. The second-order valence-corrected chi connectivity index (χ2v) is 4.44. The van der Waals surface area contributed by atoms with Crippen LogP contribution >= 0.6 is 0 Å². The molecule has 19 heavy (non-hydrogen) atoms. The maximum Gasteiger partial charge on any atom is 0.340 e. The van der Waals surface area contributed by atoms with E-state index in [9.17, 15) is 4.79 Å². The highest BCUT2D eigenvalue weighted by molar-refractivity contribution is 5.95. The van der Waals surface area contributed by atoms with Crippen LogP contribution in [0.5, 0.6) is 0 Å². The van der Waals surface area contributed by atoms with Gasteiger partial charge in [-0.1, -0.05) is 0 Å². The Morgan fingerprint density at radius 1 is 1.32 bits per heavy atom. The van der Waals surface area contributed by atoms with Crippen LogP contribution in [0.2, 0.25) is 0 Å². The molecule has 1 heterocycles. The smallest absolute Gasteiger partial charge is 0.340 e. The van der Waals surface area contributed by atoms with E-state index in [0.29, 0.717) is 30.1 Å². The van der Waals surface area contributed by atoms with E-state index in [0.717, 1.165) is 26.3 Å². The molecule has 0 radical (unpaired) electrons. The third-order valence-electron chi connectivity index (χ3n) is 3.04. The minimum atomic E-state index is -0.411. The molecule has 6 heteroatoms. The maximum atomic E-state index is 11.8. The fourth-order valence-corrected chi connectivity index (χ4v) is 1.94. The second kappa shape index (κ2) is 6.40. The fraction of sp³-hybridized carbons (Fsp3) is 0.462. The largest absolute Gasteiger partial charge is 0.461 e. The number of hydrogen-bond donors (Lipinski definition) is 2. The molecule has 2 rings (SSSR count). The van der Waals surface area contributed by atoms with Gasteiger partial charge in [0.1, 0.15) is 6.61 Å². The van der Waals surface area contributed by atoms with Crippen LogP contribution in [0.15, 0.2) is 18.2 Å². The molecule has 1 aliphatic rings. The highest BCUT2D eigenvalue weighted by atomic mass is 16.5. The molecule has 104 valence electrons. The van der Waals surface area contributed by atoms with Crippen molar-refractivity contribution in [2.45, 2.75) is 0 Å². The zero-order valence-electron chi connectivity index (χ0n) is 10.8. The summed E-state index contributed by atoms with van der Waals surface area (Å²) < 4.78 is 10.5. The van der Waals surface area contributed by atoms with E-state index in [1.807, 2.05) is 0 Å². The molecular formula is C13H19N3O3. The molecule has 1 fully saturated rings. The Labute approximate surface area is 112 Å². The number of nitrogens with zero attached hydrogens (tertiary/aromatic N) is 1. The van der Waals surface area contributed by atoms with Crippen LogP contribution in [0.1, 0.15) is 10.4 Å². The van der Waals surface area contributed by atoms with Crippen molar-refractivity contribution >= 4 is 17.3 Å². The molecule has 0 saturated carbocycles. The van der Waals surface area contributed by atoms with Crippen LogP contribution in [0, 0.1) is 0 Å². The number of carbonyl (C=O) groups is 1. The standard InChI is InChI=1S/C13H19N3O3/c14-10-1-2-11(12(15)9-10)13(17)19-8-5-16-3-6-18-7-4-16/h1-2,9H,3-8,14-15H2. The van der Waals surface area contributed by atoms with E-state index >= 15 is 0 Å². The van der Waals surface area contributed by atoms with E-state index in [-0.39, 0.29) is 0 Å². The maximum absolute atomic E-state index is 11.8. The van der Waals surface area contributed by atoms with Gasteiger partial charge in [-0.3, -0.25) is 4.90 Å². The molecule has 0 unspecified atom stereocenters. The van der Waals surface area contributed by atoms with Gasteiger partial charge in [0, 0.05) is 31.0 Å². The molecule has 1 saturated heterocycles. The first-order valence-corrected chi connectivity index (χ1v) is 6.29. The van der Waals surface area contributed by atoms with Crippen LogP contribution in [-0.2, 0) is 9.47 Å². The van der Waals surface area contributed by atoms with Crippen LogP contribution in [0.4, 0.5) is 11.4 Å². The molecule has 1 aromatic rings. The van der Waals surface area contributed by atoms with E-state index in [1.54, 1.807) is 18.2 Å². The van der Waals surface area contributed by atoms with Gasteiger partial charge in [0.05, 0.1) is 18.8 Å². The number of esters is 1. The van der Waals surface area contributed by atoms with Crippen molar-refractivity contribution in [3.05, 3.63) is 23.8 Å². The van der Waals surface area contributed by atoms with Gasteiger partial charge in [-0.25, -0.2) is 4.79 Å². The topological polar surface area (TPSA) is 90.8 Å². The highest BCUT2D eigenvalue weighted by Gasteiger charge is 2.13. The van der Waals surface area contributed by atoms with Gasteiger partial charge in [0.2, 0.25) is 0 Å². The highest BCUT2D eigenvalue weighted by Crippen LogP contribution is 2.16. The Morgan fingerprint density at radius 2 is 2.05 bits per heavy atom. The van der Waals surface area contributed by atoms with Gasteiger partial charge in [0.15, 0.2) is 0 Å². The summed E-state index contributed by atoms with van der Waals surface area (Å²) in [6.07, 6.45) is 0. The average Bonchev–Trinajstić information content (AvgIpc) is 2.39. The summed E-state index contributed by atoms with van der Waals surface area (Å²) >= 11 is 0. The number of carbonyl (C=O) groups excluding carboxylic acids is 1. The summed E-state index contributed by atoms with van der Waals surface area (Å²) in [7, 11) is 0. The van der Waals surface area contributed by atoms with E-state index in [2.05, 4.69) is 4.90 Å². The molecule has 0 aromatic heterocycles. The van der Waals surface area contributed by atoms with Crippen molar-refractivity contribution in [1.82, 2.24) is 4.90 Å². The van der Waals surface area contributed by atoms with Gasteiger partial charge >= 0.3 is 5.97 Å². The molecule has 1 aromatic carbocycles. The number of hydrogen-bond acceptors (Lipinski definition) is 6. The molecule has 0 aliphatic carbocycles. The lowest BCUT2D eigenvalue weighted by molar-refractivity contribution is 0.0196. The predicted octanol–water partition coefficient (Wildman–Crippen LogP) is 0.340. The van der Waals surface area contributed by atoms with E-state index in [4.69, 9.17) is 20.9 Å². The number of nitrogens with two attached hydrogens (primary N) is 2. The van der Waals surface area contributed by atoms with Gasteiger partial charge in [-0.05, 0) is 18.2 Å². The van der Waals surface area contributed by atoms with E-state index in [1.165, 1.54) is 0 Å². The Hall–Kier alpha value is -1.79. The Morgan fingerprint density at radius 3 is 2.74 bits per heavy atom. The summed E-state index contributed by atoms with van der Waals surface area (Å²) in [6, 6.07) is 4.77. The van der Waals surface area contributed by atoms with Crippen molar-refractivity contribution in [1.29, 1.82) is 0 Å². The monoisotopic (exact) mass is 265 g/mol. The van der Waals surface area contributed by atoms with Crippen molar-refractivity contribution in [3.63, 3.8) is 0 Å². The lowest BCUT2D eigenvalue weighted by Gasteiger charge is -2.26. The summed E-state index contributed by atoms with van der Waals surface area (Å²) in [5.41, 5.74) is 12.5. The third-order valence-corrected chi connectivity index (χ3v) is 3.04. The Bertz CT molecular complexity index is 445. The SMILES string of the molecule is Nc1ccc(C(=O)OCCN2CCOCC2)c(N)c1. The molecule has 0 spiro atoms. The van der Waals surface area contributed by atoms with Gasteiger partial charge in [0.25, 0.3) is 0 Å². The van der Waals surface area contributed by atoms with Crippen LogP contribution in [0.3, 0.4) is 0 Å². The van der Waals surface area contributed by atoms with Crippen LogP contribution in [-0.4, -0.2) is 50.3 Å². The normalized spacial score (nSPS) is 16.2. The molecule has 0 amide bonds. The quantitative estimate of drug-likeness (QED) is 0.602. The number of ether oxygens (including phenoxy) is 2. The molecule has 1 aliphatic heterocycles. The second-order valence-electron chi connectivity index (χ2n) is 4.44. The lowest BCUT2D eigenvalue weighted by atomic mass is 10.1. The van der Waals surface area contributed by atoms with Crippen molar-refractivity contribution in [2.75, 3.05) is 50.9 Å². The van der Waals surface area contributed by atoms with Crippen molar-refractivity contribution in [2.24, 2.45) is 0 Å². The fourth-order valence-electron chi connectivity index (χ4n) is 1.94. The number of benzene rings is 1. The first-order valence-electron chi connectivity index (χ1n) is 6.29. The number of morpholine rings is 1. The summed E-state index contributed by atoms with van der Waals surface area (Å²) in [4.78, 5) is 14.0. The number of rotatable bonds is 4. The first kappa shape index (κ1) is 13.6. The minimum Gasteiger partial charge on any atom is -0.461 e. The number of nitrogen functional groups attached to an aromatic ring is 2. The van der Waals surface area contributed by atoms with Crippen LogP contribution < -0.4 is 11.5 Å². The third kappa shape index (κ3) is 3.84. The van der Waals surface area contributed by atoms with Gasteiger partial charge in [-0.2, -0.15) is 0 Å². The molecule has 4 N–H and O–H groups in total. The average molecular weight is 265 g/mol. The summed E-state index contributed by atoms with van der Waals surface area (Å²) in [6.45, 7) is 4.29. The Kier molecular flexibility index (Phi) is 4.59. The number of anilines is 2. The van der Waals surface area contributed by atoms with Crippen LogP contribution in [0.25, 0.3) is 0 Å². The van der Waals surface area contributed by atoms with Crippen molar-refractivity contribution < 1.29 is 14.3 Å². The zero-order valence-corrected chi connectivity index (χ0v) is 10.8. The van der Waals surface area contributed by atoms with Crippen molar-refractivity contribution in [3.8, 4) is 0 Å².